The molecule has 2 atom stereocenters. The third kappa shape index (κ3) is 4.06. The molecule has 0 saturated carbocycles. The fourth-order valence-corrected chi connectivity index (χ4v) is 1.95. The summed E-state index contributed by atoms with van der Waals surface area (Å²) >= 11 is 0. The standard InChI is InChI=1S/C15H22N2O3/c1-5-20-15(19)13(16)14(18)17-11(4)12-8-9(2)6-7-10(12)3/h6-8,11,13H,5,16H2,1-4H3,(H,17,18). The van der Waals surface area contributed by atoms with E-state index in [0.29, 0.717) is 0 Å². The van der Waals surface area contributed by atoms with E-state index in [-0.39, 0.29) is 12.6 Å². The summed E-state index contributed by atoms with van der Waals surface area (Å²) in [4.78, 5) is 23.3. The maximum atomic E-state index is 11.9. The number of esters is 1. The SMILES string of the molecule is CCOC(=O)C(N)C(=O)NC(C)c1cc(C)ccc1C. The van der Waals surface area contributed by atoms with Gasteiger partial charge in [-0.15, -0.1) is 0 Å². The van der Waals surface area contributed by atoms with Gasteiger partial charge >= 0.3 is 5.97 Å². The second kappa shape index (κ2) is 7.05. The number of carbonyl (C=O) groups is 2. The molecule has 0 spiro atoms. The molecule has 0 fully saturated rings. The van der Waals surface area contributed by atoms with Gasteiger partial charge in [0.15, 0.2) is 6.04 Å². The van der Waals surface area contributed by atoms with Gasteiger partial charge in [-0.3, -0.25) is 4.79 Å². The number of ether oxygens (including phenoxy) is 1. The maximum absolute atomic E-state index is 11.9. The van der Waals surface area contributed by atoms with Crippen molar-refractivity contribution in [3.63, 3.8) is 0 Å². The van der Waals surface area contributed by atoms with Gasteiger partial charge in [0.05, 0.1) is 12.6 Å². The summed E-state index contributed by atoms with van der Waals surface area (Å²) in [6.07, 6.45) is 0. The van der Waals surface area contributed by atoms with Crippen LogP contribution in [0.5, 0.6) is 0 Å². The number of nitrogens with two attached hydrogens (primary N) is 1. The van der Waals surface area contributed by atoms with Crippen molar-refractivity contribution >= 4 is 11.9 Å². The first kappa shape index (κ1) is 16.2. The Labute approximate surface area is 119 Å². The monoisotopic (exact) mass is 278 g/mol. The Bertz CT molecular complexity index is 500. The Morgan fingerprint density at radius 1 is 1.35 bits per heavy atom. The van der Waals surface area contributed by atoms with Crippen molar-refractivity contribution in [2.45, 2.75) is 39.8 Å². The molecule has 1 amide bonds. The van der Waals surface area contributed by atoms with Crippen LogP contribution in [-0.4, -0.2) is 24.5 Å². The highest BCUT2D eigenvalue weighted by atomic mass is 16.5. The highest BCUT2D eigenvalue weighted by Crippen LogP contribution is 2.18. The van der Waals surface area contributed by atoms with E-state index in [1.165, 1.54) is 0 Å². The van der Waals surface area contributed by atoms with E-state index in [2.05, 4.69) is 5.32 Å². The molecule has 0 aliphatic rings. The first-order chi connectivity index (χ1) is 9.36. The number of amides is 1. The Balaban J connectivity index is 2.75. The zero-order valence-electron chi connectivity index (χ0n) is 12.4. The van der Waals surface area contributed by atoms with E-state index in [4.69, 9.17) is 10.5 Å². The molecule has 0 saturated heterocycles. The van der Waals surface area contributed by atoms with Gasteiger partial charge in [0.25, 0.3) is 0 Å². The molecule has 1 rings (SSSR count). The molecule has 20 heavy (non-hydrogen) atoms. The van der Waals surface area contributed by atoms with Gasteiger partial charge < -0.3 is 15.8 Å². The molecule has 0 aromatic heterocycles. The summed E-state index contributed by atoms with van der Waals surface area (Å²) in [6.45, 7) is 7.69. The number of carbonyl (C=O) groups excluding carboxylic acids is 2. The van der Waals surface area contributed by atoms with Gasteiger partial charge in [-0.05, 0) is 38.8 Å². The first-order valence-corrected chi connectivity index (χ1v) is 6.66. The topological polar surface area (TPSA) is 81.4 Å². The molecule has 1 aromatic rings. The minimum Gasteiger partial charge on any atom is -0.464 e. The van der Waals surface area contributed by atoms with Crippen LogP contribution in [-0.2, 0) is 14.3 Å². The smallest absolute Gasteiger partial charge is 0.332 e. The van der Waals surface area contributed by atoms with Crippen molar-refractivity contribution in [3.05, 3.63) is 34.9 Å². The van der Waals surface area contributed by atoms with Gasteiger partial charge in [0.1, 0.15) is 0 Å². The van der Waals surface area contributed by atoms with Crippen LogP contribution in [0.4, 0.5) is 0 Å². The van der Waals surface area contributed by atoms with Crippen molar-refractivity contribution in [2.24, 2.45) is 5.73 Å². The number of aryl methyl sites for hydroxylation is 2. The Kier molecular flexibility index (Phi) is 5.70. The Morgan fingerprint density at radius 3 is 2.60 bits per heavy atom. The fraction of sp³-hybridized carbons (Fsp3) is 0.467. The van der Waals surface area contributed by atoms with Crippen LogP contribution in [0.3, 0.4) is 0 Å². The van der Waals surface area contributed by atoms with Gasteiger partial charge in [0.2, 0.25) is 5.91 Å². The molecule has 0 aliphatic heterocycles. The summed E-state index contributed by atoms with van der Waals surface area (Å²) < 4.78 is 4.73. The average Bonchev–Trinajstić information content (AvgIpc) is 2.40. The first-order valence-electron chi connectivity index (χ1n) is 6.66. The van der Waals surface area contributed by atoms with Crippen molar-refractivity contribution in [1.82, 2.24) is 5.32 Å². The van der Waals surface area contributed by atoms with E-state index in [1.807, 2.05) is 39.0 Å². The van der Waals surface area contributed by atoms with Crippen molar-refractivity contribution < 1.29 is 14.3 Å². The molecule has 0 bridgehead atoms. The van der Waals surface area contributed by atoms with Gasteiger partial charge in [0, 0.05) is 0 Å². The molecule has 1 aromatic carbocycles. The second-order valence-corrected chi connectivity index (χ2v) is 4.82. The molecular formula is C15H22N2O3. The third-order valence-corrected chi connectivity index (χ3v) is 3.08. The lowest BCUT2D eigenvalue weighted by Crippen LogP contribution is -2.47. The van der Waals surface area contributed by atoms with Crippen molar-refractivity contribution in [2.75, 3.05) is 6.61 Å². The van der Waals surface area contributed by atoms with Crippen molar-refractivity contribution in [3.8, 4) is 0 Å². The van der Waals surface area contributed by atoms with Crippen LogP contribution in [0.2, 0.25) is 0 Å². The van der Waals surface area contributed by atoms with E-state index in [9.17, 15) is 9.59 Å². The highest BCUT2D eigenvalue weighted by Gasteiger charge is 2.25. The summed E-state index contributed by atoms with van der Waals surface area (Å²) in [5.74, 6) is -1.24. The second-order valence-electron chi connectivity index (χ2n) is 4.82. The molecule has 5 heteroatoms. The summed E-state index contributed by atoms with van der Waals surface area (Å²) in [5, 5.41) is 2.74. The lowest BCUT2D eigenvalue weighted by atomic mass is 10.00. The van der Waals surface area contributed by atoms with Crippen LogP contribution in [0.15, 0.2) is 18.2 Å². The summed E-state index contributed by atoms with van der Waals surface area (Å²) in [6, 6.07) is 4.51. The van der Waals surface area contributed by atoms with Crippen LogP contribution in [0.25, 0.3) is 0 Å². The normalized spacial score (nSPS) is 13.4. The van der Waals surface area contributed by atoms with E-state index >= 15 is 0 Å². The Hall–Kier alpha value is -1.88. The molecule has 0 heterocycles. The molecule has 0 aliphatic carbocycles. The minimum absolute atomic E-state index is 0.201. The number of benzene rings is 1. The summed E-state index contributed by atoms with van der Waals surface area (Å²) in [7, 11) is 0. The number of rotatable bonds is 5. The van der Waals surface area contributed by atoms with Crippen LogP contribution in [0, 0.1) is 13.8 Å². The fourth-order valence-electron chi connectivity index (χ4n) is 1.95. The zero-order valence-corrected chi connectivity index (χ0v) is 12.4. The quantitative estimate of drug-likeness (QED) is 0.629. The van der Waals surface area contributed by atoms with Gasteiger partial charge in [-0.2, -0.15) is 0 Å². The molecular weight excluding hydrogens is 256 g/mol. The van der Waals surface area contributed by atoms with E-state index < -0.39 is 17.9 Å². The lowest BCUT2D eigenvalue weighted by molar-refractivity contribution is -0.148. The predicted molar refractivity (Wildman–Crippen MR) is 77.1 cm³/mol. The number of hydrogen-bond donors (Lipinski definition) is 2. The molecule has 2 unspecified atom stereocenters. The number of nitrogens with one attached hydrogen (secondary N) is 1. The van der Waals surface area contributed by atoms with Gasteiger partial charge in [-0.25, -0.2) is 4.79 Å². The average molecular weight is 278 g/mol. The third-order valence-electron chi connectivity index (χ3n) is 3.08. The number of hydrogen-bond acceptors (Lipinski definition) is 4. The van der Waals surface area contributed by atoms with E-state index in [1.54, 1.807) is 6.92 Å². The maximum Gasteiger partial charge on any atom is 0.332 e. The van der Waals surface area contributed by atoms with Crippen LogP contribution < -0.4 is 11.1 Å². The lowest BCUT2D eigenvalue weighted by Gasteiger charge is -2.19. The molecule has 5 nitrogen and oxygen atoms in total. The largest absolute Gasteiger partial charge is 0.464 e. The highest BCUT2D eigenvalue weighted by molar-refractivity contribution is 6.01. The zero-order chi connectivity index (χ0) is 15.3. The van der Waals surface area contributed by atoms with Crippen molar-refractivity contribution in [1.29, 1.82) is 0 Å². The van der Waals surface area contributed by atoms with Gasteiger partial charge in [-0.1, -0.05) is 23.8 Å². The van der Waals surface area contributed by atoms with E-state index in [0.717, 1.165) is 16.7 Å². The summed E-state index contributed by atoms with van der Waals surface area (Å²) in [5.41, 5.74) is 8.75. The minimum atomic E-state index is -1.29. The molecule has 110 valence electrons. The molecule has 3 N–H and O–H groups in total. The predicted octanol–water partition coefficient (Wildman–Crippen LogP) is 1.37. The Morgan fingerprint density at radius 2 is 2.00 bits per heavy atom. The molecule has 0 radical (unpaired) electrons. The van der Waals surface area contributed by atoms with Crippen LogP contribution in [0.1, 0.15) is 36.6 Å². The van der Waals surface area contributed by atoms with Crippen LogP contribution >= 0.6 is 0 Å².